The van der Waals surface area contributed by atoms with Gasteiger partial charge in [0.1, 0.15) is 0 Å². The molecule has 0 bridgehead atoms. The second-order valence-electron chi connectivity index (χ2n) is 5.71. The maximum Gasteiger partial charge on any atom is 0.229 e. The molecular weight excluding hydrogens is 304 g/mol. The van der Waals surface area contributed by atoms with E-state index in [0.29, 0.717) is 0 Å². The molecule has 1 amide bonds. The van der Waals surface area contributed by atoms with Crippen LogP contribution in [-0.2, 0) is 4.79 Å². The number of carbonyl (C=O) groups is 1. The van der Waals surface area contributed by atoms with E-state index in [1.807, 2.05) is 32.0 Å². The summed E-state index contributed by atoms with van der Waals surface area (Å²) < 4.78 is 1.00. The van der Waals surface area contributed by atoms with Crippen molar-refractivity contribution in [1.82, 2.24) is 0 Å². The minimum Gasteiger partial charge on any atom is -0.326 e. The highest BCUT2D eigenvalue weighted by Crippen LogP contribution is 2.33. The van der Waals surface area contributed by atoms with Gasteiger partial charge in [0, 0.05) is 15.7 Å². The first-order valence-corrected chi connectivity index (χ1v) is 7.56. The summed E-state index contributed by atoms with van der Waals surface area (Å²) >= 11 is 3.48. The Morgan fingerprint density at radius 3 is 2.89 bits per heavy atom. The van der Waals surface area contributed by atoms with Crippen molar-refractivity contribution in [3.05, 3.63) is 28.2 Å². The lowest BCUT2D eigenvalue weighted by atomic mass is 9.74. The van der Waals surface area contributed by atoms with Crippen LogP contribution in [-0.4, -0.2) is 11.4 Å². The summed E-state index contributed by atoms with van der Waals surface area (Å²) in [6.07, 6.45) is 4.00. The molecule has 4 heteroatoms. The van der Waals surface area contributed by atoms with E-state index < -0.39 is 0 Å². The number of amides is 1. The quantitative estimate of drug-likeness (QED) is 0.873. The molecule has 1 aliphatic carbocycles. The third-order valence-corrected chi connectivity index (χ3v) is 4.96. The molecule has 1 saturated carbocycles. The zero-order chi connectivity index (χ0) is 14.0. The van der Waals surface area contributed by atoms with E-state index in [-0.39, 0.29) is 17.4 Å². The van der Waals surface area contributed by atoms with E-state index in [4.69, 9.17) is 5.73 Å². The summed E-state index contributed by atoms with van der Waals surface area (Å²) in [4.78, 5) is 12.4. The highest BCUT2D eigenvalue weighted by Gasteiger charge is 2.37. The molecule has 3 N–H and O–H groups in total. The molecule has 1 aromatic carbocycles. The van der Waals surface area contributed by atoms with Gasteiger partial charge in [-0.3, -0.25) is 4.79 Å². The molecule has 2 rings (SSSR count). The number of hydrogen-bond donors (Lipinski definition) is 2. The van der Waals surface area contributed by atoms with Gasteiger partial charge in [-0.1, -0.05) is 34.8 Å². The van der Waals surface area contributed by atoms with E-state index in [0.717, 1.165) is 41.4 Å². The van der Waals surface area contributed by atoms with Gasteiger partial charge in [-0.15, -0.1) is 0 Å². The monoisotopic (exact) mass is 324 g/mol. The van der Waals surface area contributed by atoms with Gasteiger partial charge in [-0.05, 0) is 44.4 Å². The molecule has 1 fully saturated rings. The van der Waals surface area contributed by atoms with Crippen LogP contribution in [0, 0.1) is 12.8 Å². The van der Waals surface area contributed by atoms with Crippen molar-refractivity contribution in [2.45, 2.75) is 45.1 Å². The van der Waals surface area contributed by atoms with Crippen LogP contribution in [0.1, 0.15) is 38.2 Å². The molecule has 19 heavy (non-hydrogen) atoms. The van der Waals surface area contributed by atoms with Crippen LogP contribution in [0.25, 0.3) is 0 Å². The summed E-state index contributed by atoms with van der Waals surface area (Å²) in [6, 6.07) is 5.82. The first kappa shape index (κ1) is 14.5. The van der Waals surface area contributed by atoms with Gasteiger partial charge < -0.3 is 11.1 Å². The van der Waals surface area contributed by atoms with Gasteiger partial charge >= 0.3 is 0 Å². The maximum atomic E-state index is 12.4. The summed E-state index contributed by atoms with van der Waals surface area (Å²) in [7, 11) is 0. The Labute approximate surface area is 123 Å². The lowest BCUT2D eigenvalue weighted by molar-refractivity contribution is -0.122. The van der Waals surface area contributed by atoms with Crippen molar-refractivity contribution in [2.24, 2.45) is 11.7 Å². The second kappa shape index (κ2) is 5.63. The zero-order valence-corrected chi connectivity index (χ0v) is 13.1. The van der Waals surface area contributed by atoms with Gasteiger partial charge in [0.25, 0.3) is 0 Å². The standard InChI is InChI=1S/C15H21BrN2O/c1-10-12(16)7-5-8-13(10)18-14(19)11-6-3-4-9-15(11,2)17/h5,7-8,11H,3-4,6,9,17H2,1-2H3,(H,18,19). The van der Waals surface area contributed by atoms with Crippen molar-refractivity contribution in [2.75, 3.05) is 5.32 Å². The summed E-state index contributed by atoms with van der Waals surface area (Å²) in [6.45, 7) is 3.98. The van der Waals surface area contributed by atoms with Crippen molar-refractivity contribution in [1.29, 1.82) is 0 Å². The number of nitrogens with two attached hydrogens (primary N) is 1. The lowest BCUT2D eigenvalue weighted by Crippen LogP contribution is -2.51. The first-order chi connectivity index (χ1) is 8.92. The molecule has 0 saturated heterocycles. The van der Waals surface area contributed by atoms with Crippen molar-refractivity contribution < 1.29 is 4.79 Å². The number of hydrogen-bond acceptors (Lipinski definition) is 2. The normalized spacial score (nSPS) is 27.1. The molecule has 104 valence electrons. The molecule has 1 aliphatic rings. The number of anilines is 1. The van der Waals surface area contributed by atoms with Crippen molar-refractivity contribution >= 4 is 27.5 Å². The fourth-order valence-corrected chi connectivity index (χ4v) is 3.12. The highest BCUT2D eigenvalue weighted by molar-refractivity contribution is 9.10. The zero-order valence-electron chi connectivity index (χ0n) is 11.5. The Bertz CT molecular complexity index is 485. The molecule has 0 heterocycles. The Morgan fingerprint density at radius 1 is 1.47 bits per heavy atom. The fraction of sp³-hybridized carbons (Fsp3) is 0.533. The van der Waals surface area contributed by atoms with Gasteiger partial charge in [0.05, 0.1) is 5.92 Å². The third-order valence-electron chi connectivity index (χ3n) is 4.10. The van der Waals surface area contributed by atoms with Crippen LogP contribution in [0.2, 0.25) is 0 Å². The van der Waals surface area contributed by atoms with Gasteiger partial charge in [-0.2, -0.15) is 0 Å². The number of halogens is 1. The van der Waals surface area contributed by atoms with Crippen LogP contribution in [0.5, 0.6) is 0 Å². The Morgan fingerprint density at radius 2 is 2.21 bits per heavy atom. The smallest absolute Gasteiger partial charge is 0.229 e. The first-order valence-electron chi connectivity index (χ1n) is 6.76. The van der Waals surface area contributed by atoms with Crippen LogP contribution >= 0.6 is 15.9 Å². The average molecular weight is 325 g/mol. The number of benzene rings is 1. The summed E-state index contributed by atoms with van der Waals surface area (Å²) in [5.74, 6) is -0.0504. The van der Waals surface area contributed by atoms with E-state index in [2.05, 4.69) is 21.2 Å². The number of rotatable bonds is 2. The topological polar surface area (TPSA) is 55.1 Å². The van der Waals surface area contributed by atoms with E-state index in [9.17, 15) is 4.79 Å². The molecular formula is C15H21BrN2O. The van der Waals surface area contributed by atoms with Crippen molar-refractivity contribution in [3.63, 3.8) is 0 Å². The van der Waals surface area contributed by atoms with Gasteiger partial charge in [0.15, 0.2) is 0 Å². The van der Waals surface area contributed by atoms with Crippen LogP contribution < -0.4 is 11.1 Å². The van der Waals surface area contributed by atoms with Gasteiger partial charge in [0.2, 0.25) is 5.91 Å². The summed E-state index contributed by atoms with van der Waals surface area (Å²) in [5, 5.41) is 3.03. The molecule has 0 aliphatic heterocycles. The van der Waals surface area contributed by atoms with Crippen LogP contribution in [0.15, 0.2) is 22.7 Å². The van der Waals surface area contributed by atoms with Crippen LogP contribution in [0.4, 0.5) is 5.69 Å². The predicted molar refractivity (Wildman–Crippen MR) is 82.1 cm³/mol. The SMILES string of the molecule is Cc1c(Br)cccc1NC(=O)C1CCCCC1(C)N. The fourth-order valence-electron chi connectivity index (χ4n) is 2.75. The van der Waals surface area contributed by atoms with E-state index in [1.54, 1.807) is 0 Å². The molecule has 0 aromatic heterocycles. The van der Waals surface area contributed by atoms with Crippen LogP contribution in [0.3, 0.4) is 0 Å². The minimum absolute atomic E-state index is 0.0471. The molecule has 2 unspecified atom stereocenters. The largest absolute Gasteiger partial charge is 0.326 e. The molecule has 3 nitrogen and oxygen atoms in total. The Kier molecular flexibility index (Phi) is 4.31. The second-order valence-corrected chi connectivity index (χ2v) is 6.56. The minimum atomic E-state index is -0.387. The molecule has 0 radical (unpaired) electrons. The van der Waals surface area contributed by atoms with E-state index in [1.165, 1.54) is 0 Å². The average Bonchev–Trinajstić information content (AvgIpc) is 2.34. The number of carbonyl (C=O) groups excluding carboxylic acids is 1. The maximum absolute atomic E-state index is 12.4. The third kappa shape index (κ3) is 3.18. The molecule has 1 aromatic rings. The Balaban J connectivity index is 2.14. The lowest BCUT2D eigenvalue weighted by Gasteiger charge is -2.37. The Hall–Kier alpha value is -0.870. The highest BCUT2D eigenvalue weighted by atomic mass is 79.9. The number of nitrogens with one attached hydrogen (secondary N) is 1. The van der Waals surface area contributed by atoms with E-state index >= 15 is 0 Å². The molecule has 2 atom stereocenters. The molecule has 0 spiro atoms. The van der Waals surface area contributed by atoms with Gasteiger partial charge in [-0.25, -0.2) is 0 Å². The van der Waals surface area contributed by atoms with Crippen molar-refractivity contribution in [3.8, 4) is 0 Å². The predicted octanol–water partition coefficient (Wildman–Crippen LogP) is 3.60. The summed E-state index contributed by atoms with van der Waals surface area (Å²) in [5.41, 5.74) is 7.80.